The number of anilines is 1. The Labute approximate surface area is 127 Å². The van der Waals surface area contributed by atoms with Gasteiger partial charge in [-0.1, -0.05) is 24.3 Å². The zero-order valence-electron chi connectivity index (χ0n) is 11.8. The number of nitrogens with zero attached hydrogens (tertiary/aromatic N) is 1. The van der Waals surface area contributed by atoms with Gasteiger partial charge in [0.05, 0.1) is 28.9 Å². The molecular formula is C16H14N2O4. The van der Waals surface area contributed by atoms with Gasteiger partial charge in [-0.25, -0.2) is 0 Å². The second kappa shape index (κ2) is 4.97. The van der Waals surface area contributed by atoms with E-state index >= 15 is 0 Å². The van der Waals surface area contributed by atoms with Crippen molar-refractivity contribution in [3.05, 3.63) is 42.0 Å². The fourth-order valence-corrected chi connectivity index (χ4v) is 3.18. The highest BCUT2D eigenvalue weighted by Gasteiger charge is 2.59. The Bertz CT molecular complexity index is 721. The lowest BCUT2D eigenvalue weighted by Gasteiger charge is -2.27. The molecule has 4 atom stereocenters. The van der Waals surface area contributed by atoms with Gasteiger partial charge in [0.1, 0.15) is 12.0 Å². The Morgan fingerprint density at radius 1 is 1.41 bits per heavy atom. The van der Waals surface area contributed by atoms with E-state index in [1.807, 2.05) is 6.07 Å². The van der Waals surface area contributed by atoms with Crippen molar-refractivity contribution in [3.8, 4) is 6.07 Å². The van der Waals surface area contributed by atoms with E-state index in [0.29, 0.717) is 11.3 Å². The maximum atomic E-state index is 12.6. The van der Waals surface area contributed by atoms with E-state index in [9.17, 15) is 14.7 Å². The van der Waals surface area contributed by atoms with Crippen LogP contribution in [0.25, 0.3) is 0 Å². The summed E-state index contributed by atoms with van der Waals surface area (Å²) in [5.41, 5.74) is -0.235. The number of ether oxygens (including phenoxy) is 1. The van der Waals surface area contributed by atoms with E-state index in [1.54, 1.807) is 43.3 Å². The largest absolute Gasteiger partial charge is 0.481 e. The minimum Gasteiger partial charge on any atom is -0.481 e. The van der Waals surface area contributed by atoms with E-state index in [4.69, 9.17) is 10.00 Å². The second-order valence-electron chi connectivity index (χ2n) is 5.61. The van der Waals surface area contributed by atoms with Gasteiger partial charge in [0.25, 0.3) is 0 Å². The molecule has 1 amide bonds. The van der Waals surface area contributed by atoms with Crippen LogP contribution in [0.2, 0.25) is 0 Å². The molecule has 112 valence electrons. The van der Waals surface area contributed by atoms with Crippen LogP contribution in [0.1, 0.15) is 12.5 Å². The summed E-state index contributed by atoms with van der Waals surface area (Å²) in [6.45, 7) is 1.70. The fraction of sp³-hybridized carbons (Fsp3) is 0.312. The number of carbonyl (C=O) groups excluding carboxylic acids is 1. The van der Waals surface area contributed by atoms with Crippen molar-refractivity contribution in [2.45, 2.75) is 18.6 Å². The number of fused-ring (bicyclic) bond motifs is 2. The number of para-hydroxylation sites is 1. The van der Waals surface area contributed by atoms with Gasteiger partial charge in [-0.2, -0.15) is 5.26 Å². The summed E-state index contributed by atoms with van der Waals surface area (Å²) < 4.78 is 5.64. The Morgan fingerprint density at radius 2 is 2.14 bits per heavy atom. The monoisotopic (exact) mass is 298 g/mol. The van der Waals surface area contributed by atoms with Crippen LogP contribution in [0.15, 0.2) is 36.4 Å². The maximum absolute atomic E-state index is 12.6. The first-order valence-electron chi connectivity index (χ1n) is 6.86. The number of carboxylic acid groups (broad SMARTS) is 1. The lowest BCUT2D eigenvalue weighted by Crippen LogP contribution is -2.44. The molecule has 0 saturated carbocycles. The summed E-state index contributed by atoms with van der Waals surface area (Å²) in [4.78, 5) is 24.1. The minimum atomic E-state index is -1.06. The summed E-state index contributed by atoms with van der Waals surface area (Å²) in [5.74, 6) is -3.28. The van der Waals surface area contributed by atoms with Gasteiger partial charge in [0.15, 0.2) is 0 Å². The van der Waals surface area contributed by atoms with Crippen molar-refractivity contribution >= 4 is 17.6 Å². The van der Waals surface area contributed by atoms with E-state index in [-0.39, 0.29) is 0 Å². The summed E-state index contributed by atoms with van der Waals surface area (Å²) in [7, 11) is 0. The van der Waals surface area contributed by atoms with Crippen LogP contribution in [-0.4, -0.2) is 28.7 Å². The maximum Gasteiger partial charge on any atom is 0.310 e. The van der Waals surface area contributed by atoms with Crippen LogP contribution in [0.4, 0.5) is 5.69 Å². The predicted octanol–water partition coefficient (Wildman–Crippen LogP) is 1.54. The van der Waals surface area contributed by atoms with Crippen molar-refractivity contribution in [1.82, 2.24) is 0 Å². The summed E-state index contributed by atoms with van der Waals surface area (Å²) >= 11 is 0. The topological polar surface area (TPSA) is 99.4 Å². The molecule has 0 spiro atoms. The molecule has 0 aromatic heterocycles. The number of rotatable bonds is 3. The Kier molecular flexibility index (Phi) is 3.23. The zero-order valence-corrected chi connectivity index (χ0v) is 11.8. The average Bonchev–Trinajstić information content (AvgIpc) is 3.00. The molecule has 2 N–H and O–H groups in total. The number of hydrogen-bond donors (Lipinski definition) is 2. The first-order chi connectivity index (χ1) is 10.5. The van der Waals surface area contributed by atoms with E-state index < -0.39 is 35.4 Å². The van der Waals surface area contributed by atoms with Gasteiger partial charge >= 0.3 is 5.97 Å². The third kappa shape index (κ3) is 2.07. The molecule has 2 aliphatic heterocycles. The molecule has 2 bridgehead atoms. The molecule has 0 radical (unpaired) electrons. The molecule has 6 heteroatoms. The second-order valence-corrected chi connectivity index (χ2v) is 5.61. The normalized spacial score (nSPS) is 31.7. The van der Waals surface area contributed by atoms with E-state index in [0.717, 1.165) is 0 Å². The number of benzene rings is 1. The molecule has 2 aliphatic rings. The summed E-state index contributed by atoms with van der Waals surface area (Å²) in [6, 6.07) is 8.58. The predicted molar refractivity (Wildman–Crippen MR) is 76.8 cm³/mol. The first-order valence-corrected chi connectivity index (χ1v) is 6.86. The highest BCUT2D eigenvalue weighted by Crippen LogP contribution is 2.47. The van der Waals surface area contributed by atoms with Crippen LogP contribution in [0.3, 0.4) is 0 Å². The molecular weight excluding hydrogens is 284 g/mol. The fourth-order valence-electron chi connectivity index (χ4n) is 3.18. The SMILES string of the molecule is C[C@@]12C=C[C@@H](O1)[C@H](C(=O)O)[C@@H]2C(=O)Nc1ccccc1C#N. The third-order valence-electron chi connectivity index (χ3n) is 4.21. The molecule has 1 fully saturated rings. The molecule has 3 rings (SSSR count). The summed E-state index contributed by atoms with van der Waals surface area (Å²) in [6.07, 6.45) is 2.83. The van der Waals surface area contributed by atoms with E-state index in [1.165, 1.54) is 0 Å². The van der Waals surface area contributed by atoms with Gasteiger partial charge in [-0.05, 0) is 19.1 Å². The number of hydrogen-bond acceptors (Lipinski definition) is 4. The smallest absolute Gasteiger partial charge is 0.310 e. The Morgan fingerprint density at radius 3 is 2.82 bits per heavy atom. The number of carbonyl (C=O) groups is 2. The van der Waals surface area contributed by atoms with Crippen molar-refractivity contribution in [1.29, 1.82) is 5.26 Å². The molecule has 22 heavy (non-hydrogen) atoms. The standard InChI is InChI=1S/C16H14N2O4/c1-16-7-6-11(22-16)12(15(20)21)13(16)14(19)18-10-5-3-2-4-9(10)8-17/h2-7,11-13H,1H3,(H,18,19)(H,20,21)/t11-,12+,13-,16+/m1/s1. The van der Waals surface area contributed by atoms with E-state index in [2.05, 4.69) is 5.32 Å². The molecule has 0 aliphatic carbocycles. The number of nitriles is 1. The molecule has 1 aromatic rings. The number of nitrogens with one attached hydrogen (secondary N) is 1. The Hall–Kier alpha value is -2.65. The van der Waals surface area contributed by atoms with Crippen molar-refractivity contribution in [3.63, 3.8) is 0 Å². The molecule has 6 nitrogen and oxygen atoms in total. The molecule has 1 saturated heterocycles. The van der Waals surface area contributed by atoms with Crippen LogP contribution < -0.4 is 5.32 Å². The lowest BCUT2D eigenvalue weighted by atomic mass is 9.75. The number of carboxylic acids is 1. The number of aliphatic carboxylic acids is 1. The van der Waals surface area contributed by atoms with Gasteiger partial charge in [0.2, 0.25) is 5.91 Å². The molecule has 0 unspecified atom stereocenters. The zero-order chi connectivity index (χ0) is 15.9. The van der Waals surface area contributed by atoms with Crippen LogP contribution >= 0.6 is 0 Å². The third-order valence-corrected chi connectivity index (χ3v) is 4.21. The van der Waals surface area contributed by atoms with Crippen molar-refractivity contribution in [2.24, 2.45) is 11.8 Å². The lowest BCUT2D eigenvalue weighted by molar-refractivity contribution is -0.146. The van der Waals surface area contributed by atoms with Crippen LogP contribution in [-0.2, 0) is 14.3 Å². The van der Waals surface area contributed by atoms with Gasteiger partial charge in [-0.15, -0.1) is 0 Å². The molecule has 2 heterocycles. The van der Waals surface area contributed by atoms with Crippen LogP contribution in [0.5, 0.6) is 0 Å². The molecule has 1 aromatic carbocycles. The highest BCUT2D eigenvalue weighted by molar-refractivity contribution is 5.98. The number of amides is 1. The van der Waals surface area contributed by atoms with Gasteiger partial charge in [0, 0.05) is 0 Å². The van der Waals surface area contributed by atoms with Gasteiger partial charge in [-0.3, -0.25) is 9.59 Å². The van der Waals surface area contributed by atoms with Crippen molar-refractivity contribution < 1.29 is 19.4 Å². The average molecular weight is 298 g/mol. The summed E-state index contributed by atoms with van der Waals surface area (Å²) in [5, 5.41) is 21.1. The minimum absolute atomic E-state index is 0.326. The van der Waals surface area contributed by atoms with Crippen molar-refractivity contribution in [2.75, 3.05) is 5.32 Å². The Balaban J connectivity index is 1.90. The van der Waals surface area contributed by atoms with Crippen LogP contribution in [0, 0.1) is 23.2 Å². The quantitative estimate of drug-likeness (QED) is 0.825. The highest BCUT2D eigenvalue weighted by atomic mass is 16.5. The first kappa shape index (κ1) is 14.3. The van der Waals surface area contributed by atoms with Gasteiger partial charge < -0.3 is 15.2 Å².